The van der Waals surface area contributed by atoms with Gasteiger partial charge in [0.25, 0.3) is 0 Å². The van der Waals surface area contributed by atoms with Gasteiger partial charge in [-0.1, -0.05) is 27.0 Å². The van der Waals surface area contributed by atoms with E-state index < -0.39 is 10.8 Å². The summed E-state index contributed by atoms with van der Waals surface area (Å²) in [6.45, 7) is 17.5. The van der Waals surface area contributed by atoms with Crippen LogP contribution < -0.4 is 0 Å². The molecule has 0 aliphatic carbocycles. The Kier molecular flexibility index (Phi) is 9.36. The van der Waals surface area contributed by atoms with E-state index in [1.165, 1.54) is 0 Å². The fourth-order valence-corrected chi connectivity index (χ4v) is 0.637. The first kappa shape index (κ1) is 20.3. The molecule has 0 aromatic heterocycles. The first-order chi connectivity index (χ1) is 5.14. The molecule has 0 bridgehead atoms. The summed E-state index contributed by atoms with van der Waals surface area (Å²) in [5, 5.41) is 18.4. The number of hydrogen-bond acceptors (Lipinski definition) is 2. The van der Waals surface area contributed by atoms with Crippen molar-refractivity contribution in [3.8, 4) is 0 Å². The van der Waals surface area contributed by atoms with Gasteiger partial charge in [0, 0.05) is 32.7 Å². The topological polar surface area (TPSA) is 40.5 Å². The summed E-state index contributed by atoms with van der Waals surface area (Å²) >= 11 is 0. The first-order valence-corrected chi connectivity index (χ1v) is 3.61. The molecule has 2 unspecified atom stereocenters. The molecule has 2 atom stereocenters. The zero-order valence-electron chi connectivity index (χ0n) is 8.71. The molecule has 0 spiro atoms. The molecule has 0 amide bonds. The molecule has 0 fully saturated rings. The van der Waals surface area contributed by atoms with Crippen LogP contribution in [0.5, 0.6) is 0 Å². The minimum absolute atomic E-state index is 0. The van der Waals surface area contributed by atoms with E-state index in [1.807, 2.05) is 0 Å². The standard InChI is InChI=1S/C10H16O2.W.Y/c1-7(11)9(3,4)10(5,6)8(2)12;;/h11-12H,1-3,5H2,4,6H3;;/q-2;+2;. The summed E-state index contributed by atoms with van der Waals surface area (Å²) in [4.78, 5) is 0. The van der Waals surface area contributed by atoms with Gasteiger partial charge < -0.3 is 24.1 Å². The smallest absolute Gasteiger partial charge is 0.515 e. The molecular formula is C10H16O2WY. The van der Waals surface area contributed by atoms with Gasteiger partial charge in [-0.15, -0.1) is 10.8 Å². The molecule has 0 aliphatic rings. The average molecular weight is 441 g/mol. The van der Waals surface area contributed by atoms with Crippen LogP contribution in [0.15, 0.2) is 24.7 Å². The van der Waals surface area contributed by atoms with E-state index in [9.17, 15) is 10.2 Å². The Labute approximate surface area is 126 Å². The van der Waals surface area contributed by atoms with Crippen LogP contribution in [0.4, 0.5) is 0 Å². The van der Waals surface area contributed by atoms with Gasteiger partial charge in [-0.2, -0.15) is 0 Å². The van der Waals surface area contributed by atoms with Crippen molar-refractivity contribution in [3.63, 3.8) is 0 Å². The minimum Gasteiger partial charge on any atom is -0.515 e. The minimum atomic E-state index is -0.932. The van der Waals surface area contributed by atoms with Gasteiger partial charge in [0.15, 0.2) is 0 Å². The second-order valence-corrected chi connectivity index (χ2v) is 3.56. The number of hydrogen-bond donors (Lipinski definition) is 2. The van der Waals surface area contributed by atoms with E-state index >= 15 is 0 Å². The van der Waals surface area contributed by atoms with Crippen LogP contribution in [0.25, 0.3) is 0 Å². The Balaban J connectivity index is -0.000000605. The van der Waals surface area contributed by atoms with Crippen molar-refractivity contribution in [3.05, 3.63) is 38.5 Å². The van der Waals surface area contributed by atoms with E-state index in [4.69, 9.17) is 0 Å². The Morgan fingerprint density at radius 2 is 1.14 bits per heavy atom. The predicted molar refractivity (Wildman–Crippen MR) is 50.5 cm³/mol. The first-order valence-electron chi connectivity index (χ1n) is 3.61. The second kappa shape index (κ2) is 6.45. The van der Waals surface area contributed by atoms with Crippen molar-refractivity contribution >= 4 is 0 Å². The summed E-state index contributed by atoms with van der Waals surface area (Å²) in [6.07, 6.45) is 0. The van der Waals surface area contributed by atoms with E-state index in [2.05, 4.69) is 27.0 Å². The molecule has 0 heterocycles. The van der Waals surface area contributed by atoms with Crippen LogP contribution in [0.1, 0.15) is 13.8 Å². The number of aliphatic hydroxyl groups excluding tert-OH is 2. The van der Waals surface area contributed by atoms with Crippen LogP contribution in [0, 0.1) is 24.7 Å². The van der Waals surface area contributed by atoms with Crippen molar-refractivity contribution in [1.29, 1.82) is 0 Å². The molecule has 0 rings (SSSR count). The molecule has 0 aromatic carbocycles. The molecule has 0 aromatic rings. The molecule has 14 heavy (non-hydrogen) atoms. The zero-order valence-corrected chi connectivity index (χ0v) is 14.5. The van der Waals surface area contributed by atoms with Gasteiger partial charge in [0.1, 0.15) is 0 Å². The summed E-state index contributed by atoms with van der Waals surface area (Å²) in [5.41, 5.74) is -1.86. The summed E-state index contributed by atoms with van der Waals surface area (Å²) in [7, 11) is 0. The Morgan fingerprint density at radius 1 is 1.00 bits per heavy atom. The quantitative estimate of drug-likeness (QED) is 0.523. The Morgan fingerprint density at radius 3 is 1.21 bits per heavy atom. The van der Waals surface area contributed by atoms with Crippen molar-refractivity contribution < 1.29 is 64.0 Å². The second-order valence-electron chi connectivity index (χ2n) is 3.56. The third kappa shape index (κ3) is 3.79. The number of allylic oxidation sites excluding steroid dienone is 2. The van der Waals surface area contributed by atoms with Gasteiger partial charge >= 0.3 is 21.1 Å². The van der Waals surface area contributed by atoms with Gasteiger partial charge in [0.05, 0.1) is 11.5 Å². The van der Waals surface area contributed by atoms with Gasteiger partial charge in [0.2, 0.25) is 0 Å². The van der Waals surface area contributed by atoms with Gasteiger partial charge in [-0.25, -0.2) is 0 Å². The molecule has 4 heteroatoms. The Bertz CT molecular complexity index is 198. The van der Waals surface area contributed by atoms with E-state index in [0.717, 1.165) is 0 Å². The molecule has 2 nitrogen and oxygen atoms in total. The van der Waals surface area contributed by atoms with Crippen molar-refractivity contribution in [2.75, 3.05) is 0 Å². The number of aliphatic hydroxyl groups is 2. The fourth-order valence-electron chi connectivity index (χ4n) is 0.637. The maximum atomic E-state index is 9.22. The van der Waals surface area contributed by atoms with Crippen LogP contribution in [-0.2, 0) is 53.8 Å². The van der Waals surface area contributed by atoms with E-state index in [-0.39, 0.29) is 65.3 Å². The third-order valence-electron chi connectivity index (χ3n) is 2.49. The van der Waals surface area contributed by atoms with Crippen molar-refractivity contribution in [2.45, 2.75) is 13.8 Å². The van der Waals surface area contributed by atoms with Crippen LogP contribution in [0.3, 0.4) is 0 Å². The maximum absolute atomic E-state index is 9.22. The van der Waals surface area contributed by atoms with Crippen LogP contribution in [-0.4, -0.2) is 10.2 Å². The normalized spacial score (nSPS) is 17.7. The third-order valence-corrected chi connectivity index (χ3v) is 2.49. The van der Waals surface area contributed by atoms with Crippen molar-refractivity contribution in [1.82, 2.24) is 0 Å². The summed E-state index contributed by atoms with van der Waals surface area (Å²) in [5.74, 6) is -0.231. The fraction of sp³-hybridized carbons (Fsp3) is 0.400. The molecule has 2 N–H and O–H groups in total. The summed E-state index contributed by atoms with van der Waals surface area (Å²) < 4.78 is 0. The van der Waals surface area contributed by atoms with E-state index in [1.54, 1.807) is 13.8 Å². The van der Waals surface area contributed by atoms with Gasteiger partial charge in [-0.3, -0.25) is 0 Å². The molecule has 0 aliphatic heterocycles. The molecule has 0 saturated heterocycles. The van der Waals surface area contributed by atoms with E-state index in [0.29, 0.717) is 0 Å². The summed E-state index contributed by atoms with van der Waals surface area (Å²) in [6, 6.07) is 0. The predicted octanol–water partition coefficient (Wildman–Crippen LogP) is 2.81. The Hall–Kier alpha value is 0.872. The molecule has 0 saturated carbocycles. The largest absolute Gasteiger partial charge is 2.00 e. The zero-order chi connectivity index (χ0) is 10.2. The molecular weight excluding hydrogens is 425 g/mol. The SMILES string of the molecule is C=C(O)C([CH2-])(C)C([CH2-])(C)C(=C)O.[W+2].[Y]. The van der Waals surface area contributed by atoms with Crippen LogP contribution in [0.2, 0.25) is 0 Å². The monoisotopic (exact) mass is 441 g/mol. The van der Waals surface area contributed by atoms with Crippen molar-refractivity contribution in [2.24, 2.45) is 10.8 Å². The average Bonchev–Trinajstić information content (AvgIpc) is 1.86. The number of rotatable bonds is 3. The molecule has 1 radical (unpaired) electrons. The maximum Gasteiger partial charge on any atom is 2.00 e. The van der Waals surface area contributed by atoms with Gasteiger partial charge in [-0.05, 0) is 0 Å². The van der Waals surface area contributed by atoms with Crippen LogP contribution >= 0.6 is 0 Å². The molecule has 77 valence electrons.